The number of aryl methyl sites for hydroxylation is 1. The molecule has 126 valence electrons. The third-order valence-corrected chi connectivity index (χ3v) is 4.47. The number of carbonyl (C=O) groups is 2. The predicted octanol–water partition coefficient (Wildman–Crippen LogP) is 2.67. The fourth-order valence-corrected chi connectivity index (χ4v) is 2.90. The van der Waals surface area contributed by atoms with Gasteiger partial charge in [-0.15, -0.1) is 0 Å². The van der Waals surface area contributed by atoms with E-state index in [2.05, 4.69) is 10.2 Å². The second kappa shape index (κ2) is 9.46. The molecule has 1 fully saturated rings. The lowest BCUT2D eigenvalue weighted by atomic mass is 10.0. The van der Waals surface area contributed by atoms with Gasteiger partial charge in [-0.2, -0.15) is 0 Å². The smallest absolute Gasteiger partial charge is 0.251 e. The molecule has 0 aliphatic carbocycles. The van der Waals surface area contributed by atoms with Crippen LogP contribution in [0.5, 0.6) is 0 Å². The van der Waals surface area contributed by atoms with Crippen molar-refractivity contribution in [1.82, 2.24) is 10.2 Å². The van der Waals surface area contributed by atoms with Crippen molar-refractivity contribution in [2.75, 3.05) is 26.2 Å². The zero-order valence-electron chi connectivity index (χ0n) is 14.1. The molecule has 1 aliphatic heterocycles. The van der Waals surface area contributed by atoms with Crippen LogP contribution >= 0.6 is 0 Å². The Morgan fingerprint density at radius 3 is 2.61 bits per heavy atom. The highest BCUT2D eigenvalue weighted by Crippen LogP contribution is 2.10. The minimum Gasteiger partial charge on any atom is -0.352 e. The zero-order chi connectivity index (χ0) is 16.5. The van der Waals surface area contributed by atoms with E-state index in [9.17, 15) is 9.59 Å². The van der Waals surface area contributed by atoms with E-state index in [1.165, 1.54) is 31.5 Å². The molecule has 4 nitrogen and oxygen atoms in total. The molecular formula is C19H28N2O2. The maximum Gasteiger partial charge on any atom is 0.251 e. The molecule has 4 heteroatoms. The Morgan fingerprint density at radius 2 is 1.96 bits per heavy atom. The van der Waals surface area contributed by atoms with Crippen molar-refractivity contribution < 1.29 is 9.59 Å². The first-order valence-corrected chi connectivity index (χ1v) is 8.74. The van der Waals surface area contributed by atoms with Gasteiger partial charge < -0.3 is 15.0 Å². The lowest BCUT2D eigenvalue weighted by Gasteiger charge is -2.14. The van der Waals surface area contributed by atoms with Gasteiger partial charge in [0.1, 0.15) is 6.29 Å². The predicted molar refractivity (Wildman–Crippen MR) is 92.6 cm³/mol. The highest BCUT2D eigenvalue weighted by atomic mass is 16.1. The SMILES string of the molecule is CC(C=O)CCc1ccc(C(=O)NCCCN2CCCC2)cc1. The molecule has 0 spiro atoms. The summed E-state index contributed by atoms with van der Waals surface area (Å²) in [4.78, 5) is 25.2. The van der Waals surface area contributed by atoms with Crippen LogP contribution in [0.4, 0.5) is 0 Å². The molecular weight excluding hydrogens is 288 g/mol. The van der Waals surface area contributed by atoms with E-state index in [4.69, 9.17) is 0 Å². The van der Waals surface area contributed by atoms with Gasteiger partial charge in [0.15, 0.2) is 0 Å². The number of likely N-dealkylation sites (tertiary alicyclic amines) is 1. The van der Waals surface area contributed by atoms with E-state index < -0.39 is 0 Å². The molecule has 0 bridgehead atoms. The summed E-state index contributed by atoms with van der Waals surface area (Å²) < 4.78 is 0. The molecule has 1 amide bonds. The van der Waals surface area contributed by atoms with Crippen LogP contribution in [0.2, 0.25) is 0 Å². The molecule has 1 atom stereocenters. The summed E-state index contributed by atoms with van der Waals surface area (Å²) in [5.41, 5.74) is 1.88. The molecule has 1 unspecified atom stereocenters. The number of benzene rings is 1. The molecule has 1 aliphatic rings. The summed E-state index contributed by atoms with van der Waals surface area (Å²) in [6, 6.07) is 7.71. The largest absolute Gasteiger partial charge is 0.352 e. The summed E-state index contributed by atoms with van der Waals surface area (Å²) in [7, 11) is 0. The van der Waals surface area contributed by atoms with Crippen molar-refractivity contribution in [2.45, 2.75) is 39.0 Å². The standard InChI is InChI=1S/C19H28N2O2/c1-16(15-22)5-6-17-7-9-18(10-8-17)19(23)20-11-4-14-21-12-2-3-13-21/h7-10,15-16H,2-6,11-14H2,1H3,(H,20,23). The van der Waals surface area contributed by atoms with Crippen LogP contribution in [0.1, 0.15) is 48.5 Å². The average molecular weight is 316 g/mol. The van der Waals surface area contributed by atoms with E-state index >= 15 is 0 Å². The van der Waals surface area contributed by atoms with Gasteiger partial charge in [-0.1, -0.05) is 19.1 Å². The third-order valence-electron chi connectivity index (χ3n) is 4.47. The van der Waals surface area contributed by atoms with Crippen molar-refractivity contribution in [1.29, 1.82) is 0 Å². The lowest BCUT2D eigenvalue weighted by molar-refractivity contribution is -0.110. The van der Waals surface area contributed by atoms with Gasteiger partial charge in [0.05, 0.1) is 0 Å². The molecule has 1 N–H and O–H groups in total. The first-order valence-electron chi connectivity index (χ1n) is 8.74. The van der Waals surface area contributed by atoms with Crippen molar-refractivity contribution in [3.63, 3.8) is 0 Å². The van der Waals surface area contributed by atoms with Gasteiger partial charge in [0.25, 0.3) is 5.91 Å². The molecule has 1 aromatic rings. The minimum atomic E-state index is -0.000712. The van der Waals surface area contributed by atoms with Crippen LogP contribution in [0.15, 0.2) is 24.3 Å². The fraction of sp³-hybridized carbons (Fsp3) is 0.579. The molecule has 0 saturated carbocycles. The van der Waals surface area contributed by atoms with Gasteiger partial charge in [-0.3, -0.25) is 4.79 Å². The normalized spacial score (nSPS) is 16.2. The maximum atomic E-state index is 12.1. The van der Waals surface area contributed by atoms with Crippen LogP contribution in [0.25, 0.3) is 0 Å². The van der Waals surface area contributed by atoms with Crippen molar-refractivity contribution in [3.05, 3.63) is 35.4 Å². The van der Waals surface area contributed by atoms with Crippen molar-refractivity contribution in [3.8, 4) is 0 Å². The molecule has 23 heavy (non-hydrogen) atoms. The zero-order valence-corrected chi connectivity index (χ0v) is 14.1. The van der Waals surface area contributed by atoms with Crippen LogP contribution in [-0.4, -0.2) is 43.3 Å². The van der Waals surface area contributed by atoms with Gasteiger partial charge in [-0.05, 0) is 69.4 Å². The van der Waals surface area contributed by atoms with Gasteiger partial charge in [0.2, 0.25) is 0 Å². The molecule has 1 saturated heterocycles. The van der Waals surface area contributed by atoms with Crippen LogP contribution in [0, 0.1) is 5.92 Å². The third kappa shape index (κ3) is 6.14. The van der Waals surface area contributed by atoms with E-state index in [1.807, 2.05) is 31.2 Å². The van der Waals surface area contributed by atoms with Crippen molar-refractivity contribution >= 4 is 12.2 Å². The first kappa shape index (κ1) is 17.7. The summed E-state index contributed by atoms with van der Waals surface area (Å²) in [5, 5.41) is 2.99. The molecule has 1 heterocycles. The van der Waals surface area contributed by atoms with Crippen LogP contribution in [-0.2, 0) is 11.2 Å². The topological polar surface area (TPSA) is 49.4 Å². The van der Waals surface area contributed by atoms with Gasteiger partial charge in [0, 0.05) is 18.0 Å². The summed E-state index contributed by atoms with van der Waals surface area (Å²) >= 11 is 0. The number of hydrogen-bond donors (Lipinski definition) is 1. The molecule has 0 aromatic heterocycles. The van der Waals surface area contributed by atoms with Gasteiger partial charge in [-0.25, -0.2) is 0 Å². The van der Waals surface area contributed by atoms with Gasteiger partial charge >= 0.3 is 0 Å². The molecule has 2 rings (SSSR count). The Labute approximate surface area is 139 Å². The minimum absolute atomic E-state index is 0.000712. The number of aldehydes is 1. The highest BCUT2D eigenvalue weighted by molar-refractivity contribution is 5.94. The Morgan fingerprint density at radius 1 is 1.26 bits per heavy atom. The summed E-state index contributed by atoms with van der Waals surface area (Å²) in [6.45, 7) is 6.15. The fourth-order valence-electron chi connectivity index (χ4n) is 2.90. The number of nitrogens with zero attached hydrogens (tertiary/aromatic N) is 1. The number of rotatable bonds is 9. The number of nitrogens with one attached hydrogen (secondary N) is 1. The van der Waals surface area contributed by atoms with E-state index in [0.29, 0.717) is 5.56 Å². The Kier molecular flexibility index (Phi) is 7.27. The van der Waals surface area contributed by atoms with Crippen molar-refractivity contribution in [2.24, 2.45) is 5.92 Å². The second-order valence-electron chi connectivity index (χ2n) is 6.51. The monoisotopic (exact) mass is 316 g/mol. The molecule has 1 aromatic carbocycles. The Hall–Kier alpha value is -1.68. The maximum absolute atomic E-state index is 12.1. The number of hydrogen-bond acceptors (Lipinski definition) is 3. The summed E-state index contributed by atoms with van der Waals surface area (Å²) in [5.74, 6) is 0.0906. The van der Waals surface area contributed by atoms with E-state index in [-0.39, 0.29) is 11.8 Å². The highest BCUT2D eigenvalue weighted by Gasteiger charge is 2.11. The number of carbonyl (C=O) groups excluding carboxylic acids is 2. The van der Waals surface area contributed by atoms with E-state index in [0.717, 1.165) is 38.6 Å². The second-order valence-corrected chi connectivity index (χ2v) is 6.51. The first-order chi connectivity index (χ1) is 11.2. The number of amides is 1. The quantitative estimate of drug-likeness (QED) is 0.563. The van der Waals surface area contributed by atoms with Crippen LogP contribution in [0.3, 0.4) is 0 Å². The average Bonchev–Trinajstić information content (AvgIpc) is 3.10. The Bertz CT molecular complexity index is 493. The summed E-state index contributed by atoms with van der Waals surface area (Å²) in [6.07, 6.45) is 6.34. The van der Waals surface area contributed by atoms with Crippen LogP contribution < -0.4 is 5.32 Å². The van der Waals surface area contributed by atoms with E-state index in [1.54, 1.807) is 0 Å². The molecule has 0 radical (unpaired) electrons. The Balaban J connectivity index is 1.68. The lowest BCUT2D eigenvalue weighted by Crippen LogP contribution is -2.28.